The first-order valence-corrected chi connectivity index (χ1v) is 5.82. The van der Waals surface area contributed by atoms with Crippen molar-refractivity contribution in [1.82, 2.24) is 0 Å². The Labute approximate surface area is 105 Å². The van der Waals surface area contributed by atoms with Crippen LogP contribution in [0, 0.1) is 0 Å². The van der Waals surface area contributed by atoms with Crippen molar-refractivity contribution in [2.45, 2.75) is 19.3 Å². The highest BCUT2D eigenvalue weighted by molar-refractivity contribution is 6.25. The van der Waals surface area contributed by atoms with Crippen molar-refractivity contribution in [2.24, 2.45) is 0 Å². The number of Topliss-reactive ketones (excluding diaryl/α,β-unsaturated/α-hetero) is 1. The minimum absolute atomic E-state index is 0.199. The zero-order chi connectivity index (χ0) is 13.3. The predicted molar refractivity (Wildman–Crippen MR) is 65.6 cm³/mol. The third-order valence-electron chi connectivity index (χ3n) is 3.34. The first kappa shape index (κ1) is 12.5. The highest BCUT2D eigenvalue weighted by Gasteiger charge is 2.35. The smallest absolute Gasteiger partial charge is 0.339 e. The maximum Gasteiger partial charge on any atom is 0.339 e. The van der Waals surface area contributed by atoms with Crippen molar-refractivity contribution in [3.63, 3.8) is 0 Å². The molecule has 4 heteroatoms. The number of ketones is 1. The Balaban J connectivity index is 2.70. The molecule has 1 aromatic carbocycles. The quantitative estimate of drug-likeness (QED) is 0.797. The molecule has 0 unspecified atom stereocenters. The first-order valence-electron chi connectivity index (χ1n) is 5.82. The van der Waals surface area contributed by atoms with Crippen LogP contribution in [0.1, 0.15) is 35.2 Å². The molecule has 1 aromatic rings. The average molecular weight is 246 g/mol. The van der Waals surface area contributed by atoms with Crippen LogP contribution in [0.3, 0.4) is 0 Å². The van der Waals surface area contributed by atoms with Crippen LogP contribution in [0.5, 0.6) is 0 Å². The fraction of sp³-hybridized carbons (Fsp3) is 0.286. The predicted octanol–water partition coefficient (Wildman–Crippen LogP) is 1.75. The van der Waals surface area contributed by atoms with E-state index >= 15 is 0 Å². The monoisotopic (exact) mass is 246 g/mol. The summed E-state index contributed by atoms with van der Waals surface area (Å²) in [6.45, 7) is 1.51. The van der Waals surface area contributed by atoms with Gasteiger partial charge in [0.1, 0.15) is 5.57 Å². The van der Waals surface area contributed by atoms with Gasteiger partial charge in [0.15, 0.2) is 0 Å². The van der Waals surface area contributed by atoms with Crippen molar-refractivity contribution in [3.8, 4) is 0 Å². The zero-order valence-corrected chi connectivity index (χ0v) is 10.0. The van der Waals surface area contributed by atoms with Gasteiger partial charge in [-0.15, -0.1) is 0 Å². The summed E-state index contributed by atoms with van der Waals surface area (Å²) in [5, 5.41) is 18.5. The summed E-state index contributed by atoms with van der Waals surface area (Å²) in [4.78, 5) is 23.4. The van der Waals surface area contributed by atoms with Crippen LogP contribution in [0.15, 0.2) is 35.4 Å². The molecule has 0 aliphatic heterocycles. The molecule has 0 fully saturated rings. The standard InChI is InChI=1S/C14H14O4/c1-2-8-9-5-3-4-6-10(9)13(16)12(14(17)18)11(8)7-15/h3-6,8,15H,2,7H2,1H3,(H,17,18)/t8-/m0/s1. The topological polar surface area (TPSA) is 74.6 Å². The summed E-state index contributed by atoms with van der Waals surface area (Å²) >= 11 is 0. The van der Waals surface area contributed by atoms with Gasteiger partial charge in [0, 0.05) is 11.5 Å². The number of carboxylic acids is 1. The van der Waals surface area contributed by atoms with Crippen LogP contribution in [-0.4, -0.2) is 28.6 Å². The van der Waals surface area contributed by atoms with Crippen molar-refractivity contribution in [1.29, 1.82) is 0 Å². The number of carboxylic acid groups (broad SMARTS) is 1. The molecule has 2 rings (SSSR count). The highest BCUT2D eigenvalue weighted by atomic mass is 16.4. The molecule has 0 heterocycles. The lowest BCUT2D eigenvalue weighted by atomic mass is 9.76. The fourth-order valence-corrected chi connectivity index (χ4v) is 2.54. The summed E-state index contributed by atoms with van der Waals surface area (Å²) in [5.41, 5.74) is 1.27. The van der Waals surface area contributed by atoms with Gasteiger partial charge < -0.3 is 10.2 Å². The average Bonchev–Trinajstić information content (AvgIpc) is 2.38. The van der Waals surface area contributed by atoms with Gasteiger partial charge in [-0.05, 0) is 17.6 Å². The Morgan fingerprint density at radius 1 is 1.33 bits per heavy atom. The summed E-state index contributed by atoms with van der Waals surface area (Å²) in [6, 6.07) is 6.98. The molecule has 1 atom stereocenters. The second-order valence-electron chi connectivity index (χ2n) is 4.24. The van der Waals surface area contributed by atoms with E-state index in [-0.39, 0.29) is 11.5 Å². The molecule has 1 aliphatic rings. The van der Waals surface area contributed by atoms with E-state index < -0.39 is 18.4 Å². The van der Waals surface area contributed by atoms with E-state index in [0.717, 1.165) is 5.56 Å². The van der Waals surface area contributed by atoms with Crippen LogP contribution < -0.4 is 0 Å². The second kappa shape index (κ2) is 4.74. The van der Waals surface area contributed by atoms with Crippen LogP contribution in [0.4, 0.5) is 0 Å². The lowest BCUT2D eigenvalue weighted by molar-refractivity contribution is -0.132. The molecule has 2 N–H and O–H groups in total. The summed E-state index contributed by atoms with van der Waals surface area (Å²) in [7, 11) is 0. The number of hydrogen-bond acceptors (Lipinski definition) is 3. The number of aliphatic hydroxyl groups is 1. The third-order valence-corrected chi connectivity index (χ3v) is 3.34. The van der Waals surface area contributed by atoms with Crippen LogP contribution in [-0.2, 0) is 4.79 Å². The number of carbonyl (C=O) groups is 2. The number of rotatable bonds is 3. The molecular formula is C14H14O4. The van der Waals surface area contributed by atoms with Crippen molar-refractivity contribution < 1.29 is 19.8 Å². The van der Waals surface area contributed by atoms with E-state index in [2.05, 4.69) is 0 Å². The van der Waals surface area contributed by atoms with Gasteiger partial charge in [-0.25, -0.2) is 4.79 Å². The Hall–Kier alpha value is -1.94. The molecule has 94 valence electrons. The maximum atomic E-state index is 12.1. The van der Waals surface area contributed by atoms with Gasteiger partial charge in [-0.3, -0.25) is 4.79 Å². The van der Waals surface area contributed by atoms with Crippen LogP contribution in [0.2, 0.25) is 0 Å². The fourth-order valence-electron chi connectivity index (χ4n) is 2.54. The van der Waals surface area contributed by atoms with Gasteiger partial charge in [-0.2, -0.15) is 0 Å². The molecule has 18 heavy (non-hydrogen) atoms. The lowest BCUT2D eigenvalue weighted by Crippen LogP contribution is -2.26. The van der Waals surface area contributed by atoms with Crippen molar-refractivity contribution in [3.05, 3.63) is 46.5 Å². The first-order chi connectivity index (χ1) is 8.61. The molecule has 0 aromatic heterocycles. The lowest BCUT2D eigenvalue weighted by Gasteiger charge is -2.27. The van der Waals surface area contributed by atoms with Gasteiger partial charge in [0.25, 0.3) is 0 Å². The maximum absolute atomic E-state index is 12.1. The van der Waals surface area contributed by atoms with E-state index in [9.17, 15) is 14.7 Å². The number of fused-ring (bicyclic) bond motifs is 1. The summed E-state index contributed by atoms with van der Waals surface area (Å²) < 4.78 is 0. The second-order valence-corrected chi connectivity index (χ2v) is 4.24. The number of aliphatic hydroxyl groups excluding tert-OH is 1. The largest absolute Gasteiger partial charge is 0.478 e. The minimum atomic E-state index is -1.27. The number of carbonyl (C=O) groups excluding carboxylic acids is 1. The Kier molecular flexibility index (Phi) is 3.30. The summed E-state index contributed by atoms with van der Waals surface area (Å²) in [5.74, 6) is -1.97. The minimum Gasteiger partial charge on any atom is -0.478 e. The van der Waals surface area contributed by atoms with Gasteiger partial charge in [-0.1, -0.05) is 31.2 Å². The van der Waals surface area contributed by atoms with Gasteiger partial charge in [0.05, 0.1) is 6.61 Å². The molecule has 1 aliphatic carbocycles. The van der Waals surface area contributed by atoms with E-state index in [0.29, 0.717) is 17.6 Å². The molecule has 0 spiro atoms. The molecule has 0 saturated carbocycles. The van der Waals surface area contributed by atoms with Gasteiger partial charge >= 0.3 is 5.97 Å². The molecular weight excluding hydrogens is 232 g/mol. The molecule has 0 amide bonds. The normalized spacial score (nSPS) is 18.8. The molecule has 0 radical (unpaired) electrons. The number of aliphatic carboxylic acids is 1. The highest BCUT2D eigenvalue weighted by Crippen LogP contribution is 2.37. The van der Waals surface area contributed by atoms with E-state index in [1.54, 1.807) is 12.1 Å². The van der Waals surface area contributed by atoms with E-state index in [1.165, 1.54) is 0 Å². The number of benzene rings is 1. The molecule has 0 saturated heterocycles. The van der Waals surface area contributed by atoms with Crippen molar-refractivity contribution in [2.75, 3.05) is 6.61 Å². The summed E-state index contributed by atoms with van der Waals surface area (Å²) in [6.07, 6.45) is 0.650. The Morgan fingerprint density at radius 3 is 2.56 bits per heavy atom. The van der Waals surface area contributed by atoms with Crippen molar-refractivity contribution >= 4 is 11.8 Å². The SMILES string of the molecule is CC[C@@H]1C(CO)=C(C(=O)O)C(=O)c2ccccc21. The molecule has 4 nitrogen and oxygen atoms in total. The zero-order valence-electron chi connectivity index (χ0n) is 10.0. The van der Waals surface area contributed by atoms with Gasteiger partial charge in [0.2, 0.25) is 5.78 Å². The van der Waals surface area contributed by atoms with E-state index in [4.69, 9.17) is 5.11 Å². The third kappa shape index (κ3) is 1.75. The molecule has 0 bridgehead atoms. The Morgan fingerprint density at radius 2 is 2.00 bits per heavy atom. The van der Waals surface area contributed by atoms with Crippen LogP contribution >= 0.6 is 0 Å². The Bertz CT molecular complexity index is 542. The van der Waals surface area contributed by atoms with E-state index in [1.807, 2.05) is 19.1 Å². The van der Waals surface area contributed by atoms with Crippen LogP contribution in [0.25, 0.3) is 0 Å². The number of hydrogen-bond donors (Lipinski definition) is 2.